The molecule has 0 saturated carbocycles. The van der Waals surface area contributed by atoms with Crippen molar-refractivity contribution < 1.29 is 39.3 Å². The fourth-order valence-electron chi connectivity index (χ4n) is 4.56. The van der Waals surface area contributed by atoms with E-state index in [1.807, 2.05) is 12.3 Å². The number of aryl methyl sites for hydroxylation is 1. The van der Waals surface area contributed by atoms with Crippen LogP contribution in [-0.4, -0.2) is 54.0 Å². The van der Waals surface area contributed by atoms with Crippen LogP contribution in [0.25, 0.3) is 22.2 Å². The molecule has 0 saturated heterocycles. The number of nitrogens with zero attached hydrogens (tertiary/aromatic N) is 7. The molecule has 0 fully saturated rings. The Morgan fingerprint density at radius 1 is 0.776 bits per heavy atom. The van der Waals surface area contributed by atoms with Crippen molar-refractivity contribution in [3.8, 4) is 11.4 Å². The summed E-state index contributed by atoms with van der Waals surface area (Å²) in [5.74, 6) is -1.21. The fourth-order valence-corrected chi connectivity index (χ4v) is 4.56. The molecule has 2 N–H and O–H groups in total. The van der Waals surface area contributed by atoms with E-state index < -0.39 is 11.9 Å². The molecule has 3 aromatic heterocycles. The van der Waals surface area contributed by atoms with Crippen molar-refractivity contribution in [3.63, 3.8) is 0 Å². The van der Waals surface area contributed by atoms with Crippen LogP contribution in [0.1, 0.15) is 71.7 Å². The summed E-state index contributed by atoms with van der Waals surface area (Å²) in [6.07, 6.45) is 12.4. The third kappa shape index (κ3) is 14.2. The molecule has 0 aliphatic carbocycles. The first kappa shape index (κ1) is 42.5. The number of benzene rings is 1. The maximum absolute atomic E-state index is 10.8. The first-order chi connectivity index (χ1) is 23.2. The molecule has 0 amide bonds. The number of carboxylic acids is 2. The molecule has 0 atom stereocenters. The number of carboxylic acid groups (broad SMARTS) is 2. The summed E-state index contributed by atoms with van der Waals surface area (Å²) in [6.45, 7) is 8.89. The Morgan fingerprint density at radius 3 is 1.78 bits per heavy atom. The van der Waals surface area contributed by atoms with Crippen LogP contribution < -0.4 is 9.80 Å². The Hall–Kier alpha value is -4.57. The minimum Gasteiger partial charge on any atom is -0.753 e. The number of aromatic nitrogens is 3. The van der Waals surface area contributed by atoms with E-state index in [-0.39, 0.29) is 30.6 Å². The second-order valence-electron chi connectivity index (χ2n) is 10.2. The van der Waals surface area contributed by atoms with Crippen molar-refractivity contribution in [2.24, 2.45) is 0 Å². The van der Waals surface area contributed by atoms with Gasteiger partial charge in [-0.05, 0) is 67.4 Å². The zero-order valence-electron chi connectivity index (χ0n) is 27.0. The molecule has 1 aliphatic heterocycles. The van der Waals surface area contributed by atoms with Gasteiger partial charge in [0.15, 0.2) is 0 Å². The molecule has 1 aromatic carbocycles. The first-order valence-corrected chi connectivity index (χ1v) is 15.8. The van der Waals surface area contributed by atoms with Gasteiger partial charge in [0.1, 0.15) is 5.82 Å². The van der Waals surface area contributed by atoms with Gasteiger partial charge in [-0.1, -0.05) is 75.6 Å². The van der Waals surface area contributed by atoms with Crippen LogP contribution >= 0.6 is 24.4 Å². The number of hydrogen-bond acceptors (Lipinski definition) is 9. The van der Waals surface area contributed by atoms with Gasteiger partial charge < -0.3 is 25.9 Å². The van der Waals surface area contributed by atoms with E-state index in [4.69, 9.17) is 21.0 Å². The number of hydrogen-bond donors (Lipinski definition) is 2. The number of rotatable bonds is 11. The monoisotopic (exact) mass is 783 g/mol. The van der Waals surface area contributed by atoms with Crippen molar-refractivity contribution in [1.29, 1.82) is 0 Å². The summed E-state index contributed by atoms with van der Waals surface area (Å²) < 4.78 is 0. The van der Waals surface area contributed by atoms with Crippen LogP contribution in [0.5, 0.6) is 0 Å². The van der Waals surface area contributed by atoms with E-state index in [1.165, 1.54) is 102 Å². The SMILES string of the molecule is CCCCCCCCN1[C]N(c2cc(C)ccn2)c2ccccc21.O=C(O)c1ccnc(-c2cc(C(=O)O)ccn2)c1.[N-]=C=S.[N-]=C=S.[Ru+2]. The van der Waals surface area contributed by atoms with Gasteiger partial charge in [-0.2, -0.15) is 10.3 Å². The molecule has 0 bridgehead atoms. The number of carbonyl (C=O) groups is 2. The van der Waals surface area contributed by atoms with Gasteiger partial charge in [0.2, 0.25) is 6.67 Å². The molecule has 2 radical (unpaired) electrons. The van der Waals surface area contributed by atoms with Gasteiger partial charge in [-0.3, -0.25) is 14.9 Å². The molecule has 5 rings (SSSR count). The van der Waals surface area contributed by atoms with Gasteiger partial charge >= 0.3 is 31.4 Å². The normalized spacial score (nSPS) is 10.6. The number of para-hydroxylation sites is 2. The predicted molar refractivity (Wildman–Crippen MR) is 195 cm³/mol. The van der Waals surface area contributed by atoms with E-state index in [2.05, 4.69) is 100 Å². The minimum atomic E-state index is -1.08. The summed E-state index contributed by atoms with van der Waals surface area (Å²) >= 11 is 7.40. The molecular formula is C35H35N7O4RuS2. The number of pyridine rings is 3. The van der Waals surface area contributed by atoms with Crippen LogP contribution in [0.3, 0.4) is 0 Å². The second kappa shape index (κ2) is 23.7. The molecule has 49 heavy (non-hydrogen) atoms. The average molecular weight is 783 g/mol. The summed E-state index contributed by atoms with van der Waals surface area (Å²) in [6, 6.07) is 18.0. The number of unbranched alkanes of at least 4 members (excludes halogenated alkanes) is 5. The van der Waals surface area contributed by atoms with Crippen LogP contribution in [0, 0.1) is 13.6 Å². The molecule has 14 heteroatoms. The van der Waals surface area contributed by atoms with E-state index >= 15 is 0 Å². The van der Waals surface area contributed by atoms with Crippen molar-refractivity contribution in [3.05, 3.63) is 113 Å². The standard InChI is InChI=1S/C21H27N3.C12H8N2O4.2CNS.Ru/c1-3-4-5-6-7-10-15-23-17-24(20-12-9-8-11-19(20)23)21-16-18(2)13-14-22-21;15-11(16)7-1-3-13-9(5-7)10-6-8(12(17)18)2-4-14-10;2*2-1-3;/h8-9,11-14,16H,3-7,10,15H2,1-2H3;1-6H,(H,15,16)(H,17,18);;;/q;;2*-1;+2. The van der Waals surface area contributed by atoms with Gasteiger partial charge in [-0.15, -0.1) is 0 Å². The minimum absolute atomic E-state index is 0. The molecule has 0 unspecified atom stereocenters. The number of anilines is 3. The van der Waals surface area contributed by atoms with Crippen LogP contribution in [0.4, 0.5) is 17.2 Å². The van der Waals surface area contributed by atoms with Crippen molar-refractivity contribution in [2.45, 2.75) is 52.4 Å². The van der Waals surface area contributed by atoms with E-state index in [0.29, 0.717) is 11.4 Å². The largest absolute Gasteiger partial charge is 2.00 e. The Morgan fingerprint density at radius 2 is 1.27 bits per heavy atom. The van der Waals surface area contributed by atoms with Gasteiger partial charge in [0.05, 0.1) is 33.9 Å². The first-order valence-electron chi connectivity index (χ1n) is 15.0. The fraction of sp³-hybridized carbons (Fsp3) is 0.257. The Labute approximate surface area is 310 Å². The number of aromatic carboxylic acids is 2. The summed E-state index contributed by atoms with van der Waals surface area (Å²) in [5, 5.41) is 34.6. The number of isothiocyanates is 2. The number of fused-ring (bicyclic) bond motifs is 1. The maximum atomic E-state index is 10.8. The molecule has 0 spiro atoms. The molecular weight excluding hydrogens is 748 g/mol. The summed E-state index contributed by atoms with van der Waals surface area (Å²) in [7, 11) is 0. The Balaban J connectivity index is 0.000000426. The van der Waals surface area contributed by atoms with Crippen LogP contribution in [-0.2, 0) is 19.5 Å². The summed E-state index contributed by atoms with van der Waals surface area (Å²) in [4.78, 5) is 38.4. The quantitative estimate of drug-likeness (QED) is 0.0648. The molecule has 254 valence electrons. The predicted octanol–water partition coefficient (Wildman–Crippen LogP) is 8.56. The molecule has 1 aliphatic rings. The smallest absolute Gasteiger partial charge is 0.753 e. The van der Waals surface area contributed by atoms with Crippen molar-refractivity contribution >= 4 is 63.9 Å². The van der Waals surface area contributed by atoms with Crippen molar-refractivity contribution in [1.82, 2.24) is 15.0 Å². The Kier molecular flexibility index (Phi) is 20.5. The maximum Gasteiger partial charge on any atom is 2.00 e. The van der Waals surface area contributed by atoms with Gasteiger partial charge in [0, 0.05) is 25.1 Å². The zero-order chi connectivity index (χ0) is 35.3. The van der Waals surface area contributed by atoms with Gasteiger partial charge in [0.25, 0.3) is 0 Å². The number of thiocarbonyl (C=S) groups is 2. The van der Waals surface area contributed by atoms with Crippen LogP contribution in [0.2, 0.25) is 0 Å². The third-order valence-corrected chi connectivity index (χ3v) is 6.78. The van der Waals surface area contributed by atoms with Crippen molar-refractivity contribution in [2.75, 3.05) is 16.3 Å². The molecule has 4 heterocycles. The van der Waals surface area contributed by atoms with Crippen LogP contribution in [0.15, 0.2) is 79.3 Å². The average Bonchev–Trinajstić information content (AvgIpc) is 3.46. The van der Waals surface area contributed by atoms with Gasteiger partial charge in [-0.25, -0.2) is 14.6 Å². The molecule has 4 aromatic rings. The summed E-state index contributed by atoms with van der Waals surface area (Å²) in [5.41, 5.74) is 4.39. The molecule has 11 nitrogen and oxygen atoms in total. The zero-order valence-corrected chi connectivity index (χ0v) is 30.3. The Bertz CT molecular complexity index is 1650. The topological polar surface area (TPSA) is 164 Å². The van der Waals surface area contributed by atoms with E-state index in [9.17, 15) is 9.59 Å². The third-order valence-electron chi connectivity index (χ3n) is 6.78. The van der Waals surface area contributed by atoms with E-state index in [1.54, 1.807) is 0 Å². The van der Waals surface area contributed by atoms with E-state index in [0.717, 1.165) is 12.4 Å². The second-order valence-corrected chi connectivity index (χ2v) is 10.6.